The van der Waals surface area contributed by atoms with Gasteiger partial charge in [-0.15, -0.1) is 0 Å². The van der Waals surface area contributed by atoms with E-state index in [4.69, 9.17) is 27.8 Å². The molecular formula is C13H10ClFN2O2. The summed E-state index contributed by atoms with van der Waals surface area (Å²) in [5.74, 6) is -0.856. The minimum Gasteiger partial charge on any atom is -0.454 e. The van der Waals surface area contributed by atoms with E-state index in [1.165, 1.54) is 18.2 Å². The van der Waals surface area contributed by atoms with Crippen LogP contribution >= 0.6 is 11.6 Å². The summed E-state index contributed by atoms with van der Waals surface area (Å²) in [6.45, 7) is 0. The van der Waals surface area contributed by atoms with E-state index in [1.54, 1.807) is 12.1 Å². The van der Waals surface area contributed by atoms with Crippen LogP contribution in [0.3, 0.4) is 0 Å². The number of halogens is 2. The van der Waals surface area contributed by atoms with Gasteiger partial charge < -0.3 is 16.2 Å². The minimum atomic E-state index is -0.671. The van der Waals surface area contributed by atoms with Crippen LogP contribution in [0.15, 0.2) is 36.4 Å². The number of carbonyl (C=O) groups excluding carboxylic acids is 1. The first-order chi connectivity index (χ1) is 8.99. The normalized spacial score (nSPS) is 10.2. The van der Waals surface area contributed by atoms with Gasteiger partial charge in [0.2, 0.25) is 0 Å². The number of carbonyl (C=O) groups is 1. The van der Waals surface area contributed by atoms with E-state index >= 15 is 0 Å². The summed E-state index contributed by atoms with van der Waals surface area (Å²) in [7, 11) is 0. The lowest BCUT2D eigenvalue weighted by atomic mass is 10.1. The molecule has 2 aromatic rings. The van der Waals surface area contributed by atoms with Crippen molar-refractivity contribution in [2.75, 3.05) is 5.73 Å². The third-order valence-corrected chi connectivity index (χ3v) is 2.71. The Hall–Kier alpha value is -2.27. The third-order valence-electron chi connectivity index (χ3n) is 2.42. The molecule has 6 heteroatoms. The molecule has 1 amide bonds. The van der Waals surface area contributed by atoms with Crippen LogP contribution in [0.1, 0.15) is 10.4 Å². The zero-order chi connectivity index (χ0) is 14.0. The molecule has 0 radical (unpaired) electrons. The van der Waals surface area contributed by atoms with Gasteiger partial charge in [0.25, 0.3) is 5.91 Å². The fourth-order valence-electron chi connectivity index (χ4n) is 1.52. The maximum Gasteiger partial charge on any atom is 0.252 e. The number of anilines is 1. The minimum absolute atomic E-state index is 0.0902. The van der Waals surface area contributed by atoms with E-state index in [0.717, 1.165) is 6.07 Å². The molecule has 0 heterocycles. The molecule has 4 N–H and O–H groups in total. The molecule has 0 aliphatic rings. The second-order valence-electron chi connectivity index (χ2n) is 3.77. The van der Waals surface area contributed by atoms with Gasteiger partial charge in [-0.2, -0.15) is 0 Å². The first-order valence-corrected chi connectivity index (χ1v) is 5.68. The molecule has 2 aromatic carbocycles. The molecule has 0 saturated heterocycles. The second-order valence-corrected chi connectivity index (χ2v) is 4.17. The van der Waals surface area contributed by atoms with Crippen LogP contribution in [0.25, 0.3) is 0 Å². The van der Waals surface area contributed by atoms with Crippen LogP contribution < -0.4 is 16.2 Å². The standard InChI is InChI=1S/C13H10ClFN2O2/c14-9-6-7(4-5-10(9)15)19-12-8(13(17)18)2-1-3-11(12)16/h1-6H,16H2,(H2,17,18). The smallest absolute Gasteiger partial charge is 0.252 e. The van der Waals surface area contributed by atoms with Gasteiger partial charge in [-0.3, -0.25) is 4.79 Å². The Labute approximate surface area is 113 Å². The highest BCUT2D eigenvalue weighted by molar-refractivity contribution is 6.30. The van der Waals surface area contributed by atoms with E-state index in [1.807, 2.05) is 0 Å². The first-order valence-electron chi connectivity index (χ1n) is 5.30. The molecule has 0 atom stereocenters. The van der Waals surface area contributed by atoms with Gasteiger partial charge >= 0.3 is 0 Å². The molecule has 0 spiro atoms. The summed E-state index contributed by atoms with van der Waals surface area (Å²) in [5.41, 5.74) is 11.4. The van der Waals surface area contributed by atoms with Crippen LogP contribution in [-0.4, -0.2) is 5.91 Å². The number of rotatable bonds is 3. The molecule has 0 fully saturated rings. The third kappa shape index (κ3) is 2.77. The lowest BCUT2D eigenvalue weighted by Crippen LogP contribution is -2.13. The van der Waals surface area contributed by atoms with Gasteiger partial charge in [0, 0.05) is 6.07 Å². The molecule has 19 heavy (non-hydrogen) atoms. The summed E-state index contributed by atoms with van der Waals surface area (Å²) < 4.78 is 18.5. The Morgan fingerprint density at radius 1 is 1.26 bits per heavy atom. The maximum absolute atomic E-state index is 13.0. The number of nitrogen functional groups attached to an aromatic ring is 1. The van der Waals surface area contributed by atoms with Crippen molar-refractivity contribution < 1.29 is 13.9 Å². The van der Waals surface area contributed by atoms with Crippen LogP contribution in [0.5, 0.6) is 11.5 Å². The number of benzene rings is 2. The van der Waals surface area contributed by atoms with E-state index in [2.05, 4.69) is 0 Å². The van der Waals surface area contributed by atoms with E-state index in [9.17, 15) is 9.18 Å². The quantitative estimate of drug-likeness (QED) is 0.849. The molecule has 0 aliphatic heterocycles. The fraction of sp³-hybridized carbons (Fsp3) is 0. The van der Waals surface area contributed by atoms with Crippen molar-refractivity contribution in [1.29, 1.82) is 0 Å². The topological polar surface area (TPSA) is 78.3 Å². The Bertz CT molecular complexity index is 647. The van der Waals surface area contributed by atoms with E-state index in [-0.39, 0.29) is 27.8 Å². The molecule has 0 unspecified atom stereocenters. The van der Waals surface area contributed by atoms with Crippen molar-refractivity contribution in [2.45, 2.75) is 0 Å². The van der Waals surface area contributed by atoms with E-state index in [0.29, 0.717) is 0 Å². The molecule has 0 saturated carbocycles. The highest BCUT2D eigenvalue weighted by atomic mass is 35.5. The van der Waals surface area contributed by atoms with Gasteiger partial charge in [-0.25, -0.2) is 4.39 Å². The summed E-state index contributed by atoms with van der Waals surface area (Å²) in [4.78, 5) is 11.3. The highest BCUT2D eigenvalue weighted by Crippen LogP contribution is 2.32. The molecule has 0 aromatic heterocycles. The van der Waals surface area contributed by atoms with Crippen LogP contribution in [-0.2, 0) is 0 Å². The predicted molar refractivity (Wildman–Crippen MR) is 70.9 cm³/mol. The van der Waals surface area contributed by atoms with Crippen LogP contribution in [0.2, 0.25) is 5.02 Å². The largest absolute Gasteiger partial charge is 0.454 e. The lowest BCUT2D eigenvalue weighted by Gasteiger charge is -2.12. The fourth-order valence-corrected chi connectivity index (χ4v) is 1.69. The van der Waals surface area contributed by atoms with Crippen molar-refractivity contribution in [1.82, 2.24) is 0 Å². The molecular weight excluding hydrogens is 271 g/mol. The monoisotopic (exact) mass is 280 g/mol. The van der Waals surface area contributed by atoms with Crippen molar-refractivity contribution >= 4 is 23.2 Å². The highest BCUT2D eigenvalue weighted by Gasteiger charge is 2.14. The van der Waals surface area contributed by atoms with Gasteiger partial charge in [-0.05, 0) is 24.3 Å². The second kappa shape index (κ2) is 5.16. The number of primary amides is 1. The summed E-state index contributed by atoms with van der Waals surface area (Å²) in [6, 6.07) is 8.44. The number of amides is 1. The van der Waals surface area contributed by atoms with Crippen molar-refractivity contribution in [3.63, 3.8) is 0 Å². The average Bonchev–Trinajstić information content (AvgIpc) is 2.36. The number of hydrogen-bond acceptors (Lipinski definition) is 3. The van der Waals surface area contributed by atoms with E-state index < -0.39 is 11.7 Å². The molecule has 4 nitrogen and oxygen atoms in total. The SMILES string of the molecule is NC(=O)c1cccc(N)c1Oc1ccc(F)c(Cl)c1. The summed E-state index contributed by atoms with van der Waals surface area (Å²) in [5, 5.41) is -0.0902. The lowest BCUT2D eigenvalue weighted by molar-refractivity contribution is 0.0998. The van der Waals surface area contributed by atoms with Crippen molar-refractivity contribution in [2.24, 2.45) is 5.73 Å². The van der Waals surface area contributed by atoms with Gasteiger partial charge in [0.15, 0.2) is 5.75 Å². The maximum atomic E-state index is 13.0. The zero-order valence-electron chi connectivity index (χ0n) is 9.69. The van der Waals surface area contributed by atoms with Gasteiger partial charge in [0.05, 0.1) is 16.3 Å². The van der Waals surface area contributed by atoms with Crippen LogP contribution in [0, 0.1) is 5.82 Å². The van der Waals surface area contributed by atoms with Gasteiger partial charge in [-0.1, -0.05) is 17.7 Å². The van der Waals surface area contributed by atoms with Crippen LogP contribution in [0.4, 0.5) is 10.1 Å². The number of ether oxygens (including phenoxy) is 1. The molecule has 0 bridgehead atoms. The number of hydrogen-bond donors (Lipinski definition) is 2. The predicted octanol–water partition coefficient (Wildman–Crippen LogP) is 2.95. The van der Waals surface area contributed by atoms with Gasteiger partial charge in [0.1, 0.15) is 11.6 Å². The molecule has 98 valence electrons. The Balaban J connectivity index is 2.42. The Morgan fingerprint density at radius 2 is 2.00 bits per heavy atom. The van der Waals surface area contributed by atoms with Crippen molar-refractivity contribution in [3.8, 4) is 11.5 Å². The number of para-hydroxylation sites is 1. The zero-order valence-corrected chi connectivity index (χ0v) is 10.4. The number of nitrogens with two attached hydrogens (primary N) is 2. The first kappa shape index (κ1) is 13.2. The summed E-state index contributed by atoms with van der Waals surface area (Å²) >= 11 is 5.64. The molecule has 0 aliphatic carbocycles. The van der Waals surface area contributed by atoms with Crippen molar-refractivity contribution in [3.05, 3.63) is 52.8 Å². The average molecular weight is 281 g/mol. The molecule has 2 rings (SSSR count). The summed E-state index contributed by atoms with van der Waals surface area (Å²) in [6.07, 6.45) is 0. The Kier molecular flexibility index (Phi) is 3.57. The Morgan fingerprint density at radius 3 is 2.63 bits per heavy atom.